The lowest BCUT2D eigenvalue weighted by molar-refractivity contribution is 0.111. The second-order valence-electron chi connectivity index (χ2n) is 7.80. The third kappa shape index (κ3) is 3.84. The van der Waals surface area contributed by atoms with E-state index in [1.807, 2.05) is 6.20 Å². The Bertz CT molecular complexity index is 783. The van der Waals surface area contributed by atoms with Gasteiger partial charge in [0.25, 0.3) is 0 Å². The summed E-state index contributed by atoms with van der Waals surface area (Å²) < 4.78 is 8.25. The Morgan fingerprint density at radius 3 is 2.78 bits per heavy atom. The maximum Gasteiger partial charge on any atom is 0.211 e. The van der Waals surface area contributed by atoms with Gasteiger partial charge in [0.1, 0.15) is 5.75 Å². The summed E-state index contributed by atoms with van der Waals surface area (Å²) in [5, 5.41) is 14.1. The van der Waals surface area contributed by atoms with Crippen LogP contribution in [-0.2, 0) is 0 Å². The van der Waals surface area contributed by atoms with Crippen molar-refractivity contribution < 1.29 is 14.6 Å². The van der Waals surface area contributed by atoms with E-state index in [1.165, 1.54) is 56.5 Å². The fraction of sp³-hybridized carbons (Fsp3) is 0.571. The molecule has 6 heteroatoms. The Balaban J connectivity index is 1.50. The first-order valence-corrected chi connectivity index (χ1v) is 10.1. The van der Waals surface area contributed by atoms with Crippen LogP contribution in [0.3, 0.4) is 0 Å². The van der Waals surface area contributed by atoms with Crippen LogP contribution in [0.2, 0.25) is 0 Å². The summed E-state index contributed by atoms with van der Waals surface area (Å²) in [6.45, 7) is 0.549. The number of aromatic nitrogens is 3. The maximum atomic E-state index is 11.2. The van der Waals surface area contributed by atoms with Gasteiger partial charge in [-0.2, -0.15) is 5.10 Å². The number of carbonyl (C=O) groups excluding carboxylic acids is 1. The van der Waals surface area contributed by atoms with Crippen molar-refractivity contribution in [2.45, 2.75) is 63.3 Å². The van der Waals surface area contributed by atoms with Gasteiger partial charge >= 0.3 is 0 Å². The third-order valence-corrected chi connectivity index (χ3v) is 6.12. The molecule has 0 spiro atoms. The first kappa shape index (κ1) is 18.0. The first-order chi connectivity index (χ1) is 13.3. The Hall–Kier alpha value is -2.37. The van der Waals surface area contributed by atoms with Crippen molar-refractivity contribution in [3.05, 3.63) is 35.8 Å². The normalized spacial score (nSPS) is 23.4. The minimum Gasteiger partial charge on any atom is -0.493 e. The van der Waals surface area contributed by atoms with Gasteiger partial charge in [-0.25, -0.2) is 4.98 Å². The molecule has 4 rings (SSSR count). The van der Waals surface area contributed by atoms with E-state index in [2.05, 4.69) is 20.8 Å². The molecule has 0 radical (unpaired) electrons. The molecular weight excluding hydrogens is 342 g/mol. The Morgan fingerprint density at radius 2 is 1.96 bits per heavy atom. The van der Waals surface area contributed by atoms with E-state index in [-0.39, 0.29) is 5.88 Å². The van der Waals surface area contributed by atoms with Crippen molar-refractivity contribution in [3.63, 3.8) is 0 Å². The van der Waals surface area contributed by atoms with Crippen molar-refractivity contribution in [1.29, 1.82) is 0 Å². The van der Waals surface area contributed by atoms with Crippen molar-refractivity contribution in [3.8, 4) is 11.6 Å². The minimum absolute atomic E-state index is 0.166. The zero-order valence-corrected chi connectivity index (χ0v) is 15.6. The molecule has 1 N–H and O–H groups in total. The van der Waals surface area contributed by atoms with Gasteiger partial charge in [-0.3, -0.25) is 9.48 Å². The predicted octanol–water partition coefficient (Wildman–Crippen LogP) is 4.26. The van der Waals surface area contributed by atoms with Gasteiger partial charge in [0.15, 0.2) is 6.29 Å². The van der Waals surface area contributed by atoms with Gasteiger partial charge in [0.05, 0.1) is 24.4 Å². The van der Waals surface area contributed by atoms with Crippen LogP contribution in [0.1, 0.15) is 79.4 Å². The number of aldehydes is 1. The van der Waals surface area contributed by atoms with Crippen LogP contribution in [0.4, 0.5) is 0 Å². The number of aromatic hydroxyl groups is 1. The zero-order valence-electron chi connectivity index (χ0n) is 15.6. The van der Waals surface area contributed by atoms with Gasteiger partial charge in [0, 0.05) is 29.8 Å². The molecule has 2 atom stereocenters. The molecule has 2 aliphatic rings. The molecular formula is C21H27N3O3. The van der Waals surface area contributed by atoms with E-state index in [9.17, 15) is 9.90 Å². The molecule has 0 amide bonds. The molecule has 2 aliphatic carbocycles. The zero-order chi connectivity index (χ0) is 18.6. The molecule has 144 valence electrons. The van der Waals surface area contributed by atoms with Gasteiger partial charge < -0.3 is 9.84 Å². The van der Waals surface area contributed by atoms with Gasteiger partial charge in [-0.1, -0.05) is 25.7 Å². The largest absolute Gasteiger partial charge is 0.493 e. The smallest absolute Gasteiger partial charge is 0.211 e. The number of hydrogen-bond donors (Lipinski definition) is 1. The number of carbonyl (C=O) groups is 1. The van der Waals surface area contributed by atoms with Gasteiger partial charge in [-0.05, 0) is 31.7 Å². The average Bonchev–Trinajstić information content (AvgIpc) is 3.38. The Morgan fingerprint density at radius 1 is 1.19 bits per heavy atom. The monoisotopic (exact) mass is 369 g/mol. The second kappa shape index (κ2) is 8.11. The second-order valence-corrected chi connectivity index (χ2v) is 7.80. The molecule has 0 aliphatic heterocycles. The molecule has 2 heterocycles. The molecule has 2 aromatic rings. The van der Waals surface area contributed by atoms with Crippen molar-refractivity contribution >= 4 is 6.29 Å². The van der Waals surface area contributed by atoms with Gasteiger partial charge in [0.2, 0.25) is 5.88 Å². The van der Waals surface area contributed by atoms with Crippen LogP contribution in [0.15, 0.2) is 24.5 Å². The molecule has 0 bridgehead atoms. The lowest BCUT2D eigenvalue weighted by atomic mass is 9.77. The third-order valence-electron chi connectivity index (χ3n) is 6.12. The molecule has 2 aromatic heterocycles. The molecule has 2 saturated carbocycles. The fourth-order valence-electron chi connectivity index (χ4n) is 4.72. The molecule has 6 nitrogen and oxygen atoms in total. The van der Waals surface area contributed by atoms with Gasteiger partial charge in [-0.15, -0.1) is 0 Å². The highest BCUT2D eigenvalue weighted by molar-refractivity contribution is 5.79. The summed E-state index contributed by atoms with van der Waals surface area (Å²) >= 11 is 0. The van der Waals surface area contributed by atoms with E-state index >= 15 is 0 Å². The van der Waals surface area contributed by atoms with E-state index in [4.69, 9.17) is 4.74 Å². The predicted molar refractivity (Wildman–Crippen MR) is 101 cm³/mol. The number of pyridine rings is 1. The van der Waals surface area contributed by atoms with E-state index < -0.39 is 0 Å². The highest BCUT2D eigenvalue weighted by atomic mass is 16.5. The van der Waals surface area contributed by atoms with E-state index in [0.29, 0.717) is 42.1 Å². The molecule has 0 aromatic carbocycles. The van der Waals surface area contributed by atoms with E-state index in [1.54, 1.807) is 0 Å². The summed E-state index contributed by atoms with van der Waals surface area (Å²) in [6.07, 6.45) is 13.8. The van der Waals surface area contributed by atoms with Crippen LogP contribution >= 0.6 is 0 Å². The lowest BCUT2D eigenvalue weighted by Gasteiger charge is -2.32. The van der Waals surface area contributed by atoms with Crippen molar-refractivity contribution in [2.24, 2.45) is 5.92 Å². The summed E-state index contributed by atoms with van der Waals surface area (Å²) in [5.74, 6) is 1.10. The van der Waals surface area contributed by atoms with Crippen LogP contribution in [0.25, 0.3) is 0 Å². The molecule has 2 fully saturated rings. The van der Waals surface area contributed by atoms with Crippen LogP contribution in [0, 0.1) is 5.92 Å². The number of hydrogen-bond acceptors (Lipinski definition) is 5. The Labute approximate surface area is 159 Å². The minimum atomic E-state index is -0.166. The Kier molecular flexibility index (Phi) is 5.41. The number of nitrogens with zero attached hydrogens (tertiary/aromatic N) is 3. The number of rotatable bonds is 6. The first-order valence-electron chi connectivity index (χ1n) is 10.1. The summed E-state index contributed by atoms with van der Waals surface area (Å²) in [6, 6.07) is 4.07. The standard InChI is InChI=1S/C21H27N3O3/c25-13-16-11-21(26)22-12-20(16)27-14-15-5-1-4-8-18(15)19-9-10-23-24(19)17-6-2-3-7-17/h9-13,15,17-18H,1-8,14H2,(H,22,26). The quantitative estimate of drug-likeness (QED) is 0.770. The fourth-order valence-corrected chi connectivity index (χ4v) is 4.72. The SMILES string of the molecule is O=Cc1cc(O)ncc1OCC1CCCCC1c1ccnn1C1CCCC1. The average molecular weight is 369 g/mol. The number of ether oxygens (including phenoxy) is 1. The van der Waals surface area contributed by atoms with Crippen molar-refractivity contribution in [1.82, 2.24) is 14.8 Å². The van der Waals surface area contributed by atoms with Crippen LogP contribution in [-0.4, -0.2) is 32.8 Å². The molecule has 27 heavy (non-hydrogen) atoms. The van der Waals surface area contributed by atoms with Crippen LogP contribution < -0.4 is 4.74 Å². The molecule has 0 saturated heterocycles. The lowest BCUT2D eigenvalue weighted by Crippen LogP contribution is -2.27. The highest BCUT2D eigenvalue weighted by Gasteiger charge is 2.31. The maximum absolute atomic E-state index is 11.2. The van der Waals surface area contributed by atoms with Crippen LogP contribution in [0.5, 0.6) is 11.6 Å². The molecule has 2 unspecified atom stereocenters. The topological polar surface area (TPSA) is 77.2 Å². The van der Waals surface area contributed by atoms with E-state index in [0.717, 1.165) is 12.8 Å². The summed E-state index contributed by atoms with van der Waals surface area (Å²) in [5.41, 5.74) is 1.68. The van der Waals surface area contributed by atoms with Crippen molar-refractivity contribution in [2.75, 3.05) is 6.61 Å². The summed E-state index contributed by atoms with van der Waals surface area (Å²) in [4.78, 5) is 15.1. The highest BCUT2D eigenvalue weighted by Crippen LogP contribution is 2.40. The summed E-state index contributed by atoms with van der Waals surface area (Å²) in [7, 11) is 0.